The van der Waals surface area contributed by atoms with Gasteiger partial charge >= 0.3 is 0 Å². The normalized spacial score (nSPS) is 20.8. The third-order valence-corrected chi connectivity index (χ3v) is 4.88. The first-order valence-corrected chi connectivity index (χ1v) is 8.57. The topological polar surface area (TPSA) is 35.8 Å². The zero-order valence-electron chi connectivity index (χ0n) is 13.3. The van der Waals surface area contributed by atoms with Crippen molar-refractivity contribution in [3.05, 3.63) is 17.3 Å². The van der Waals surface area contributed by atoms with Crippen molar-refractivity contribution in [2.75, 3.05) is 31.6 Å². The quantitative estimate of drug-likeness (QED) is 0.937. The smallest absolute Gasteiger partial charge is 0.195 e. The van der Waals surface area contributed by atoms with Crippen molar-refractivity contribution in [1.82, 2.24) is 19.6 Å². The Morgan fingerprint density at radius 1 is 1.43 bits per heavy atom. The SMILES string of the molecule is CC(C)NCc1c(N2CCN(C)CC2C)nc2sccn12. The maximum Gasteiger partial charge on any atom is 0.195 e. The highest BCUT2D eigenvalue weighted by atomic mass is 32.1. The van der Waals surface area contributed by atoms with Crippen molar-refractivity contribution in [3.63, 3.8) is 0 Å². The minimum absolute atomic E-state index is 0.479. The molecule has 1 N–H and O–H groups in total. The van der Waals surface area contributed by atoms with Crippen LogP contribution in [0.3, 0.4) is 0 Å². The van der Waals surface area contributed by atoms with Crippen LogP contribution in [0.1, 0.15) is 26.5 Å². The Morgan fingerprint density at radius 2 is 2.24 bits per heavy atom. The summed E-state index contributed by atoms with van der Waals surface area (Å²) in [7, 11) is 2.20. The van der Waals surface area contributed by atoms with Gasteiger partial charge in [0.15, 0.2) is 10.8 Å². The van der Waals surface area contributed by atoms with Gasteiger partial charge in [0, 0.05) is 49.8 Å². The summed E-state index contributed by atoms with van der Waals surface area (Å²) in [5, 5.41) is 5.65. The van der Waals surface area contributed by atoms with E-state index in [1.807, 2.05) is 0 Å². The van der Waals surface area contributed by atoms with E-state index in [9.17, 15) is 0 Å². The average Bonchev–Trinajstić information content (AvgIpc) is 2.97. The van der Waals surface area contributed by atoms with Crippen LogP contribution >= 0.6 is 11.3 Å². The summed E-state index contributed by atoms with van der Waals surface area (Å²) in [6.45, 7) is 10.8. The molecule has 1 atom stereocenters. The molecule has 2 aromatic heterocycles. The summed E-state index contributed by atoms with van der Waals surface area (Å²) in [6, 6.07) is 0.984. The number of nitrogens with zero attached hydrogens (tertiary/aromatic N) is 4. The molecule has 3 rings (SSSR count). The van der Waals surface area contributed by atoms with Crippen molar-refractivity contribution in [1.29, 1.82) is 0 Å². The van der Waals surface area contributed by atoms with Gasteiger partial charge in [0.2, 0.25) is 0 Å². The fraction of sp³-hybridized carbons (Fsp3) is 0.667. The number of likely N-dealkylation sites (N-methyl/N-ethyl adjacent to an activating group) is 1. The van der Waals surface area contributed by atoms with E-state index in [1.165, 1.54) is 5.69 Å². The maximum atomic E-state index is 4.90. The van der Waals surface area contributed by atoms with Crippen LogP contribution in [0.2, 0.25) is 0 Å². The second kappa shape index (κ2) is 5.94. The third-order valence-electron chi connectivity index (χ3n) is 4.12. The number of piperazine rings is 1. The number of thiazole rings is 1. The van der Waals surface area contributed by atoms with Crippen LogP contribution in [-0.2, 0) is 6.54 Å². The molecule has 0 radical (unpaired) electrons. The van der Waals surface area contributed by atoms with Crippen LogP contribution in [0.25, 0.3) is 4.96 Å². The Kier molecular flexibility index (Phi) is 4.19. The fourth-order valence-electron chi connectivity index (χ4n) is 2.97. The standard InChI is InChI=1S/C15H25N5S/c1-11(2)16-9-13-14(17-15-20(13)7-8-21-15)19-6-5-18(4)10-12(19)3/h7-8,11-12,16H,5-6,9-10H2,1-4H3. The molecule has 21 heavy (non-hydrogen) atoms. The van der Waals surface area contributed by atoms with E-state index in [1.54, 1.807) is 11.3 Å². The first-order valence-electron chi connectivity index (χ1n) is 7.69. The van der Waals surface area contributed by atoms with Crippen LogP contribution in [0.5, 0.6) is 0 Å². The minimum Gasteiger partial charge on any atom is -0.350 e. The lowest BCUT2D eigenvalue weighted by Crippen LogP contribution is -2.51. The second-order valence-corrected chi connectivity index (χ2v) is 7.15. The van der Waals surface area contributed by atoms with Gasteiger partial charge in [0.1, 0.15) is 0 Å². The molecule has 1 saturated heterocycles. The van der Waals surface area contributed by atoms with E-state index >= 15 is 0 Å². The molecule has 2 aromatic rings. The number of fused-ring (bicyclic) bond motifs is 1. The number of rotatable bonds is 4. The van der Waals surface area contributed by atoms with Crippen molar-refractivity contribution >= 4 is 22.1 Å². The van der Waals surface area contributed by atoms with Crippen LogP contribution < -0.4 is 10.2 Å². The zero-order chi connectivity index (χ0) is 15.0. The molecule has 5 nitrogen and oxygen atoms in total. The van der Waals surface area contributed by atoms with Gasteiger partial charge < -0.3 is 15.1 Å². The van der Waals surface area contributed by atoms with E-state index < -0.39 is 0 Å². The predicted molar refractivity (Wildman–Crippen MR) is 89.3 cm³/mol. The molecule has 6 heteroatoms. The summed E-state index contributed by atoms with van der Waals surface area (Å²) in [6.07, 6.45) is 2.13. The fourth-order valence-corrected chi connectivity index (χ4v) is 3.70. The van der Waals surface area contributed by atoms with E-state index in [4.69, 9.17) is 4.98 Å². The van der Waals surface area contributed by atoms with Gasteiger partial charge in [-0.1, -0.05) is 13.8 Å². The Balaban J connectivity index is 1.93. The van der Waals surface area contributed by atoms with E-state index in [0.717, 1.165) is 37.0 Å². The Labute approximate surface area is 130 Å². The van der Waals surface area contributed by atoms with Crippen LogP contribution in [0, 0.1) is 0 Å². The Hall–Kier alpha value is -1.11. The first-order chi connectivity index (χ1) is 10.1. The monoisotopic (exact) mass is 307 g/mol. The molecule has 0 saturated carbocycles. The van der Waals surface area contributed by atoms with Gasteiger partial charge in [-0.05, 0) is 14.0 Å². The molecule has 1 unspecified atom stereocenters. The average molecular weight is 307 g/mol. The van der Waals surface area contributed by atoms with Gasteiger partial charge in [0.25, 0.3) is 0 Å². The lowest BCUT2D eigenvalue weighted by molar-refractivity contribution is 0.274. The summed E-state index contributed by atoms with van der Waals surface area (Å²) < 4.78 is 2.24. The first kappa shape index (κ1) is 14.8. The van der Waals surface area contributed by atoms with Gasteiger partial charge in [-0.25, -0.2) is 4.98 Å². The lowest BCUT2D eigenvalue weighted by atomic mass is 10.2. The molecular weight excluding hydrogens is 282 g/mol. The van der Waals surface area contributed by atoms with E-state index in [0.29, 0.717) is 12.1 Å². The van der Waals surface area contributed by atoms with Gasteiger partial charge in [-0.3, -0.25) is 4.40 Å². The molecular formula is C15H25N5S. The summed E-state index contributed by atoms with van der Waals surface area (Å²) in [5.74, 6) is 1.16. The molecule has 0 amide bonds. The summed E-state index contributed by atoms with van der Waals surface area (Å²) in [4.78, 5) is 10.9. The highest BCUT2D eigenvalue weighted by Gasteiger charge is 2.27. The highest BCUT2D eigenvalue weighted by Crippen LogP contribution is 2.27. The Morgan fingerprint density at radius 3 is 2.95 bits per heavy atom. The molecule has 3 heterocycles. The van der Waals surface area contributed by atoms with Gasteiger partial charge in [0.05, 0.1) is 5.69 Å². The predicted octanol–water partition coefficient (Wildman–Crippen LogP) is 2.03. The number of hydrogen-bond donors (Lipinski definition) is 1. The molecule has 1 aliphatic heterocycles. The zero-order valence-corrected chi connectivity index (χ0v) is 14.2. The summed E-state index contributed by atoms with van der Waals surface area (Å²) >= 11 is 1.71. The van der Waals surface area contributed by atoms with Crippen molar-refractivity contribution < 1.29 is 0 Å². The lowest BCUT2D eigenvalue weighted by Gasteiger charge is -2.39. The van der Waals surface area contributed by atoms with Crippen LogP contribution in [-0.4, -0.2) is 53.1 Å². The molecule has 116 valence electrons. The number of nitrogens with one attached hydrogen (secondary N) is 1. The van der Waals surface area contributed by atoms with Gasteiger partial charge in [-0.15, -0.1) is 11.3 Å². The third kappa shape index (κ3) is 2.93. The second-order valence-electron chi connectivity index (χ2n) is 6.28. The van der Waals surface area contributed by atoms with Crippen molar-refractivity contribution in [2.24, 2.45) is 0 Å². The van der Waals surface area contributed by atoms with E-state index in [2.05, 4.69) is 58.9 Å². The van der Waals surface area contributed by atoms with Crippen molar-refractivity contribution in [3.8, 4) is 0 Å². The van der Waals surface area contributed by atoms with Crippen LogP contribution in [0.4, 0.5) is 5.82 Å². The molecule has 1 fully saturated rings. The van der Waals surface area contributed by atoms with Gasteiger partial charge in [-0.2, -0.15) is 0 Å². The number of hydrogen-bond acceptors (Lipinski definition) is 5. The molecule has 0 aromatic carbocycles. The summed E-state index contributed by atoms with van der Waals surface area (Å²) in [5.41, 5.74) is 1.29. The van der Waals surface area contributed by atoms with Crippen LogP contribution in [0.15, 0.2) is 11.6 Å². The van der Waals surface area contributed by atoms with Crippen molar-refractivity contribution in [2.45, 2.75) is 39.4 Å². The largest absolute Gasteiger partial charge is 0.350 e. The van der Waals surface area contributed by atoms with E-state index in [-0.39, 0.29) is 0 Å². The molecule has 0 spiro atoms. The molecule has 0 aliphatic carbocycles. The highest BCUT2D eigenvalue weighted by molar-refractivity contribution is 7.15. The number of aromatic nitrogens is 2. The number of anilines is 1. The maximum absolute atomic E-state index is 4.90. The Bertz CT molecular complexity index is 602. The molecule has 1 aliphatic rings. The number of imidazole rings is 1. The minimum atomic E-state index is 0.479. The molecule has 0 bridgehead atoms.